The molecular weight excluding hydrogens is 350 g/mol. The van der Waals surface area contributed by atoms with Crippen molar-refractivity contribution in [2.45, 2.75) is 18.5 Å². The van der Waals surface area contributed by atoms with E-state index in [0.717, 1.165) is 11.8 Å². The van der Waals surface area contributed by atoms with Gasteiger partial charge < -0.3 is 0 Å². The summed E-state index contributed by atoms with van der Waals surface area (Å²) in [6.45, 7) is 0. The van der Waals surface area contributed by atoms with Crippen molar-refractivity contribution in [3.05, 3.63) is 70.2 Å². The van der Waals surface area contributed by atoms with Gasteiger partial charge in [-0.05, 0) is 36.2 Å². The fraction of sp³-hybridized carbons (Fsp3) is 0.176. The standard InChI is InChI=1S/C17H15ClF2N4O/c18-13-2-1-3-14(20)12(13)9-21-24-17(25)16-8-15(22-23-16)10-4-6-11(19)7-5-10/h1-7,9,15-16,22-23H,8H2,(H,24,25)/b21-9-. The second-order valence-electron chi connectivity index (χ2n) is 5.55. The Morgan fingerprint density at radius 3 is 2.68 bits per heavy atom. The first-order valence-electron chi connectivity index (χ1n) is 7.58. The van der Waals surface area contributed by atoms with Crippen molar-refractivity contribution in [1.82, 2.24) is 16.3 Å². The lowest BCUT2D eigenvalue weighted by Gasteiger charge is -2.09. The summed E-state index contributed by atoms with van der Waals surface area (Å²) in [7, 11) is 0. The van der Waals surface area contributed by atoms with E-state index in [9.17, 15) is 13.6 Å². The second kappa shape index (κ2) is 7.69. The molecule has 0 radical (unpaired) electrons. The van der Waals surface area contributed by atoms with Gasteiger partial charge in [-0.15, -0.1) is 0 Å². The molecule has 1 amide bonds. The molecule has 2 aromatic carbocycles. The van der Waals surface area contributed by atoms with E-state index in [-0.39, 0.29) is 28.4 Å². The molecule has 2 unspecified atom stereocenters. The van der Waals surface area contributed by atoms with Crippen LogP contribution in [0.25, 0.3) is 0 Å². The van der Waals surface area contributed by atoms with Crippen LogP contribution in [0.15, 0.2) is 47.6 Å². The molecule has 130 valence electrons. The van der Waals surface area contributed by atoms with Crippen molar-refractivity contribution in [1.29, 1.82) is 0 Å². The number of amides is 1. The Morgan fingerprint density at radius 2 is 1.96 bits per heavy atom. The molecule has 25 heavy (non-hydrogen) atoms. The Balaban J connectivity index is 1.57. The average Bonchev–Trinajstić information content (AvgIpc) is 3.08. The van der Waals surface area contributed by atoms with Crippen molar-refractivity contribution in [2.24, 2.45) is 5.10 Å². The molecule has 1 fully saturated rings. The number of benzene rings is 2. The molecule has 1 aliphatic heterocycles. The highest BCUT2D eigenvalue weighted by molar-refractivity contribution is 6.33. The van der Waals surface area contributed by atoms with Crippen molar-refractivity contribution >= 4 is 23.7 Å². The van der Waals surface area contributed by atoms with Gasteiger partial charge in [0, 0.05) is 11.6 Å². The Morgan fingerprint density at radius 1 is 1.20 bits per heavy atom. The molecule has 2 atom stereocenters. The van der Waals surface area contributed by atoms with E-state index in [1.807, 2.05) is 0 Å². The lowest BCUT2D eigenvalue weighted by Crippen LogP contribution is -2.41. The van der Waals surface area contributed by atoms with E-state index in [2.05, 4.69) is 21.4 Å². The number of nitrogens with one attached hydrogen (secondary N) is 3. The third kappa shape index (κ3) is 4.19. The molecule has 0 aromatic heterocycles. The number of halogens is 3. The summed E-state index contributed by atoms with van der Waals surface area (Å²) in [5.41, 5.74) is 9.17. The van der Waals surface area contributed by atoms with Crippen LogP contribution in [-0.2, 0) is 4.79 Å². The van der Waals surface area contributed by atoms with Gasteiger partial charge in [-0.25, -0.2) is 25.1 Å². The summed E-state index contributed by atoms with van der Waals surface area (Å²) in [6.07, 6.45) is 1.63. The topological polar surface area (TPSA) is 65.5 Å². The second-order valence-corrected chi connectivity index (χ2v) is 5.96. The highest BCUT2D eigenvalue weighted by Gasteiger charge is 2.30. The summed E-state index contributed by atoms with van der Waals surface area (Å²) >= 11 is 5.88. The van der Waals surface area contributed by atoms with Crippen molar-refractivity contribution in [3.8, 4) is 0 Å². The summed E-state index contributed by atoms with van der Waals surface area (Å²) in [6, 6.07) is 9.68. The van der Waals surface area contributed by atoms with E-state index in [4.69, 9.17) is 11.6 Å². The first-order valence-corrected chi connectivity index (χ1v) is 7.96. The molecule has 8 heteroatoms. The van der Waals surface area contributed by atoms with Crippen molar-refractivity contribution in [3.63, 3.8) is 0 Å². The fourth-order valence-electron chi connectivity index (χ4n) is 2.51. The molecule has 5 nitrogen and oxygen atoms in total. The van der Waals surface area contributed by atoms with Gasteiger partial charge in [-0.1, -0.05) is 29.8 Å². The molecule has 1 heterocycles. The maximum absolute atomic E-state index is 13.6. The van der Waals surface area contributed by atoms with Gasteiger partial charge in [0.05, 0.1) is 11.2 Å². The number of nitrogens with zero attached hydrogens (tertiary/aromatic N) is 1. The van der Waals surface area contributed by atoms with Crippen LogP contribution in [0.4, 0.5) is 8.78 Å². The summed E-state index contributed by atoms with van der Waals surface area (Å²) < 4.78 is 26.6. The first kappa shape index (κ1) is 17.5. The summed E-state index contributed by atoms with van der Waals surface area (Å²) in [5.74, 6) is -1.21. The molecule has 1 saturated heterocycles. The quantitative estimate of drug-likeness (QED) is 0.577. The van der Waals surface area contributed by atoms with E-state index in [1.54, 1.807) is 12.1 Å². The lowest BCUT2D eigenvalue weighted by atomic mass is 10.0. The van der Waals surface area contributed by atoms with Gasteiger partial charge in [0.2, 0.25) is 0 Å². The largest absolute Gasteiger partial charge is 0.271 e. The SMILES string of the molecule is O=C(N/N=C\c1c(F)cccc1Cl)C1CC(c2ccc(F)cc2)NN1. The zero-order chi connectivity index (χ0) is 17.8. The Bertz CT molecular complexity index is 777. The molecule has 2 aromatic rings. The van der Waals surface area contributed by atoms with Crippen LogP contribution < -0.4 is 16.3 Å². The zero-order valence-electron chi connectivity index (χ0n) is 13.0. The maximum atomic E-state index is 13.6. The number of hydrazine groups is 1. The third-order valence-electron chi connectivity index (χ3n) is 3.86. The highest BCUT2D eigenvalue weighted by atomic mass is 35.5. The maximum Gasteiger partial charge on any atom is 0.258 e. The molecular formula is C17H15ClF2N4O. The summed E-state index contributed by atoms with van der Waals surface area (Å²) in [4.78, 5) is 12.1. The monoisotopic (exact) mass is 364 g/mol. The van der Waals surface area contributed by atoms with Crippen LogP contribution in [0, 0.1) is 11.6 Å². The molecule has 0 saturated carbocycles. The van der Waals surface area contributed by atoms with Gasteiger partial charge in [0.25, 0.3) is 5.91 Å². The molecule has 1 aliphatic rings. The Labute approximate surface area is 148 Å². The number of hydrogen-bond acceptors (Lipinski definition) is 4. The van der Waals surface area contributed by atoms with Gasteiger partial charge in [0.1, 0.15) is 17.7 Å². The van der Waals surface area contributed by atoms with Gasteiger partial charge >= 0.3 is 0 Å². The highest BCUT2D eigenvalue weighted by Crippen LogP contribution is 2.22. The Kier molecular flexibility index (Phi) is 5.37. The molecule has 3 rings (SSSR count). The van der Waals surface area contributed by atoms with Crippen LogP contribution in [-0.4, -0.2) is 18.2 Å². The lowest BCUT2D eigenvalue weighted by molar-refractivity contribution is -0.122. The number of rotatable bonds is 4. The number of hydrogen-bond donors (Lipinski definition) is 3. The van der Waals surface area contributed by atoms with Gasteiger partial charge in [0.15, 0.2) is 0 Å². The third-order valence-corrected chi connectivity index (χ3v) is 4.19. The molecule has 0 spiro atoms. The minimum Gasteiger partial charge on any atom is -0.271 e. The first-order chi connectivity index (χ1) is 12.0. The van der Waals surface area contributed by atoms with E-state index < -0.39 is 11.9 Å². The normalized spacial score (nSPS) is 20.1. The predicted molar refractivity (Wildman–Crippen MR) is 91.0 cm³/mol. The fourth-order valence-corrected chi connectivity index (χ4v) is 2.73. The van der Waals surface area contributed by atoms with Gasteiger partial charge in [-0.2, -0.15) is 5.10 Å². The van der Waals surface area contributed by atoms with Crippen LogP contribution >= 0.6 is 11.6 Å². The van der Waals surface area contributed by atoms with Crippen LogP contribution in [0.1, 0.15) is 23.6 Å². The van der Waals surface area contributed by atoms with E-state index in [1.165, 1.54) is 30.3 Å². The average molecular weight is 365 g/mol. The smallest absolute Gasteiger partial charge is 0.258 e. The Hall–Kier alpha value is -2.35. The zero-order valence-corrected chi connectivity index (χ0v) is 13.7. The molecule has 0 aliphatic carbocycles. The predicted octanol–water partition coefficient (Wildman–Crippen LogP) is 2.68. The van der Waals surface area contributed by atoms with E-state index >= 15 is 0 Å². The number of carbonyl (C=O) groups excluding carboxylic acids is 1. The minimum atomic E-state index is -0.525. The minimum absolute atomic E-state index is 0.103. The number of carbonyl (C=O) groups is 1. The molecule has 3 N–H and O–H groups in total. The summed E-state index contributed by atoms with van der Waals surface area (Å²) in [5, 5.41) is 3.95. The van der Waals surface area contributed by atoms with Crippen LogP contribution in [0.3, 0.4) is 0 Å². The van der Waals surface area contributed by atoms with Crippen LogP contribution in [0.2, 0.25) is 5.02 Å². The van der Waals surface area contributed by atoms with Crippen LogP contribution in [0.5, 0.6) is 0 Å². The van der Waals surface area contributed by atoms with Crippen molar-refractivity contribution in [2.75, 3.05) is 0 Å². The number of hydrazone groups is 1. The van der Waals surface area contributed by atoms with Gasteiger partial charge in [-0.3, -0.25) is 4.79 Å². The van der Waals surface area contributed by atoms with E-state index in [0.29, 0.717) is 6.42 Å². The van der Waals surface area contributed by atoms with Crippen molar-refractivity contribution < 1.29 is 13.6 Å². The molecule has 0 bridgehead atoms.